The second-order valence-corrected chi connectivity index (χ2v) is 7.13. The summed E-state index contributed by atoms with van der Waals surface area (Å²) < 4.78 is 0. The van der Waals surface area contributed by atoms with E-state index < -0.39 is 0 Å². The van der Waals surface area contributed by atoms with Crippen LogP contribution in [-0.4, -0.2) is 36.1 Å². The van der Waals surface area contributed by atoms with Gasteiger partial charge in [0.1, 0.15) is 0 Å². The summed E-state index contributed by atoms with van der Waals surface area (Å²) in [6.45, 7) is 12.0. The maximum Gasteiger partial charge on any atom is 0.0200 e. The molecule has 2 nitrogen and oxygen atoms in total. The fourth-order valence-corrected chi connectivity index (χ4v) is 3.62. The Bertz CT molecular complexity index is 225. The molecular formula is C16H32N2. The Morgan fingerprint density at radius 2 is 1.61 bits per heavy atom. The van der Waals surface area contributed by atoms with Crippen LogP contribution in [0, 0.1) is 11.8 Å². The molecule has 106 valence electrons. The van der Waals surface area contributed by atoms with Crippen molar-refractivity contribution in [1.29, 1.82) is 0 Å². The quantitative estimate of drug-likeness (QED) is 0.826. The van der Waals surface area contributed by atoms with Gasteiger partial charge >= 0.3 is 0 Å². The van der Waals surface area contributed by atoms with E-state index in [4.69, 9.17) is 0 Å². The first-order valence-electron chi connectivity index (χ1n) is 8.06. The molecule has 1 aliphatic carbocycles. The highest BCUT2D eigenvalue weighted by molar-refractivity contribution is 4.89. The van der Waals surface area contributed by atoms with Crippen LogP contribution in [0.2, 0.25) is 0 Å². The largest absolute Gasteiger partial charge is 0.310 e. The van der Waals surface area contributed by atoms with Crippen LogP contribution in [-0.2, 0) is 0 Å². The topological polar surface area (TPSA) is 15.3 Å². The maximum atomic E-state index is 3.95. The molecule has 2 unspecified atom stereocenters. The van der Waals surface area contributed by atoms with E-state index in [-0.39, 0.29) is 0 Å². The minimum absolute atomic E-state index is 0.694. The zero-order chi connectivity index (χ0) is 13.1. The number of hydrogen-bond donors (Lipinski definition) is 1. The van der Waals surface area contributed by atoms with Gasteiger partial charge in [-0.05, 0) is 44.9 Å². The van der Waals surface area contributed by atoms with E-state index >= 15 is 0 Å². The number of likely N-dealkylation sites (tertiary alicyclic amines) is 1. The first kappa shape index (κ1) is 14.3. The zero-order valence-corrected chi connectivity index (χ0v) is 12.8. The molecule has 1 aliphatic heterocycles. The molecule has 18 heavy (non-hydrogen) atoms. The van der Waals surface area contributed by atoms with E-state index in [1.54, 1.807) is 0 Å². The molecule has 2 fully saturated rings. The van der Waals surface area contributed by atoms with Crippen LogP contribution >= 0.6 is 0 Å². The van der Waals surface area contributed by atoms with Crippen LogP contribution < -0.4 is 5.32 Å². The van der Waals surface area contributed by atoms with Gasteiger partial charge < -0.3 is 5.32 Å². The number of rotatable bonds is 4. The van der Waals surface area contributed by atoms with E-state index in [1.165, 1.54) is 45.2 Å². The molecule has 0 radical (unpaired) electrons. The first-order valence-corrected chi connectivity index (χ1v) is 8.06. The Morgan fingerprint density at radius 1 is 0.944 bits per heavy atom. The summed E-state index contributed by atoms with van der Waals surface area (Å²) in [5.41, 5.74) is 0. The minimum Gasteiger partial charge on any atom is -0.310 e. The van der Waals surface area contributed by atoms with Crippen LogP contribution in [0.5, 0.6) is 0 Å². The van der Waals surface area contributed by atoms with Crippen LogP contribution in [0.3, 0.4) is 0 Å². The van der Waals surface area contributed by atoms with Gasteiger partial charge in [-0.15, -0.1) is 0 Å². The molecule has 1 saturated carbocycles. The van der Waals surface area contributed by atoms with Crippen molar-refractivity contribution < 1.29 is 0 Å². The smallest absolute Gasteiger partial charge is 0.0200 e. The third-order valence-electron chi connectivity index (χ3n) is 5.01. The Labute approximate surface area is 114 Å². The van der Waals surface area contributed by atoms with Crippen molar-refractivity contribution in [3.05, 3.63) is 0 Å². The minimum atomic E-state index is 0.694. The van der Waals surface area contributed by atoms with E-state index in [1.807, 2.05) is 0 Å². The third kappa shape index (κ3) is 3.71. The molecular weight excluding hydrogens is 220 g/mol. The highest BCUT2D eigenvalue weighted by Gasteiger charge is 2.31. The summed E-state index contributed by atoms with van der Waals surface area (Å²) in [7, 11) is 0. The molecule has 0 aromatic heterocycles. The van der Waals surface area contributed by atoms with Gasteiger partial charge in [0, 0.05) is 31.2 Å². The molecule has 2 aliphatic rings. The van der Waals surface area contributed by atoms with Gasteiger partial charge in [-0.25, -0.2) is 0 Å². The second-order valence-electron chi connectivity index (χ2n) is 7.13. The van der Waals surface area contributed by atoms with E-state index in [2.05, 4.69) is 37.9 Å². The van der Waals surface area contributed by atoms with Crippen LogP contribution in [0.25, 0.3) is 0 Å². The van der Waals surface area contributed by atoms with Gasteiger partial charge in [-0.3, -0.25) is 4.90 Å². The highest BCUT2D eigenvalue weighted by atomic mass is 15.2. The molecule has 0 aromatic carbocycles. The maximum absolute atomic E-state index is 3.95. The number of hydrogen-bond acceptors (Lipinski definition) is 2. The van der Waals surface area contributed by atoms with Crippen molar-refractivity contribution in [2.45, 2.75) is 77.9 Å². The number of piperidine rings is 1. The Morgan fingerprint density at radius 3 is 2.17 bits per heavy atom. The predicted molar refractivity (Wildman–Crippen MR) is 78.8 cm³/mol. The van der Waals surface area contributed by atoms with Gasteiger partial charge in [0.05, 0.1) is 0 Å². The van der Waals surface area contributed by atoms with Gasteiger partial charge in [-0.2, -0.15) is 0 Å². The summed E-state index contributed by atoms with van der Waals surface area (Å²) >= 11 is 0. The van der Waals surface area contributed by atoms with Crippen LogP contribution in [0.1, 0.15) is 59.8 Å². The molecule has 2 heteroatoms. The van der Waals surface area contributed by atoms with Crippen LogP contribution in [0.4, 0.5) is 0 Å². The molecule has 1 heterocycles. The van der Waals surface area contributed by atoms with E-state index in [0.29, 0.717) is 6.04 Å². The SMILES string of the molecule is CC(C)C1CC(NC2CCCC2)CN(C(C)C)C1. The van der Waals surface area contributed by atoms with Crippen molar-refractivity contribution in [3.63, 3.8) is 0 Å². The average Bonchev–Trinajstić information content (AvgIpc) is 2.81. The fraction of sp³-hybridized carbons (Fsp3) is 1.00. The summed E-state index contributed by atoms with van der Waals surface area (Å²) in [5, 5.41) is 3.95. The molecule has 2 atom stereocenters. The lowest BCUT2D eigenvalue weighted by molar-refractivity contribution is 0.0865. The number of nitrogens with one attached hydrogen (secondary N) is 1. The van der Waals surface area contributed by atoms with Gasteiger partial charge in [0.2, 0.25) is 0 Å². The molecule has 1 N–H and O–H groups in total. The lowest BCUT2D eigenvalue weighted by Crippen LogP contribution is -2.54. The predicted octanol–water partition coefficient (Wildman–Crippen LogP) is 3.27. The van der Waals surface area contributed by atoms with E-state index in [0.717, 1.165) is 23.9 Å². The van der Waals surface area contributed by atoms with Crippen molar-refractivity contribution in [2.24, 2.45) is 11.8 Å². The van der Waals surface area contributed by atoms with Crippen molar-refractivity contribution >= 4 is 0 Å². The van der Waals surface area contributed by atoms with Crippen molar-refractivity contribution in [1.82, 2.24) is 10.2 Å². The lowest BCUT2D eigenvalue weighted by Gasteiger charge is -2.42. The Kier molecular flexibility index (Phi) is 5.08. The van der Waals surface area contributed by atoms with Gasteiger partial charge in [0.25, 0.3) is 0 Å². The van der Waals surface area contributed by atoms with Gasteiger partial charge in [-0.1, -0.05) is 26.7 Å². The lowest BCUT2D eigenvalue weighted by atomic mass is 9.84. The van der Waals surface area contributed by atoms with Gasteiger partial charge in [0.15, 0.2) is 0 Å². The second kappa shape index (κ2) is 6.38. The highest BCUT2D eigenvalue weighted by Crippen LogP contribution is 2.27. The monoisotopic (exact) mass is 252 g/mol. The molecule has 1 saturated heterocycles. The Balaban J connectivity index is 1.91. The normalized spacial score (nSPS) is 31.7. The number of nitrogens with zero attached hydrogens (tertiary/aromatic N) is 1. The molecule has 2 rings (SSSR count). The molecule has 0 aromatic rings. The summed E-state index contributed by atoms with van der Waals surface area (Å²) in [6, 6.07) is 2.24. The zero-order valence-electron chi connectivity index (χ0n) is 12.8. The molecule has 0 amide bonds. The van der Waals surface area contributed by atoms with Crippen molar-refractivity contribution in [3.8, 4) is 0 Å². The summed E-state index contributed by atoms with van der Waals surface area (Å²) in [5.74, 6) is 1.69. The van der Waals surface area contributed by atoms with Crippen molar-refractivity contribution in [2.75, 3.05) is 13.1 Å². The Hall–Kier alpha value is -0.0800. The standard InChI is InChI=1S/C16H32N2/c1-12(2)14-9-16(11-18(10-14)13(3)4)17-15-7-5-6-8-15/h12-17H,5-11H2,1-4H3. The molecule has 0 spiro atoms. The fourth-order valence-electron chi connectivity index (χ4n) is 3.62. The summed E-state index contributed by atoms with van der Waals surface area (Å²) in [6.07, 6.45) is 7.07. The van der Waals surface area contributed by atoms with E-state index in [9.17, 15) is 0 Å². The molecule has 0 bridgehead atoms. The third-order valence-corrected chi connectivity index (χ3v) is 5.01. The van der Waals surface area contributed by atoms with Crippen LogP contribution in [0.15, 0.2) is 0 Å². The average molecular weight is 252 g/mol. The summed E-state index contributed by atoms with van der Waals surface area (Å²) in [4.78, 5) is 2.68. The first-order chi connectivity index (χ1) is 8.56.